The molecule has 2 aromatic carbocycles. The van der Waals surface area contributed by atoms with E-state index in [0.29, 0.717) is 12.0 Å². The third kappa shape index (κ3) is 5.11. The number of furan rings is 1. The van der Waals surface area contributed by atoms with Gasteiger partial charge in [0.2, 0.25) is 0 Å². The first-order valence-electron chi connectivity index (χ1n) is 9.96. The Balaban J connectivity index is 1.68. The maximum Gasteiger partial charge on any atom is 0.109 e. The third-order valence-corrected chi connectivity index (χ3v) is 5.42. The van der Waals surface area contributed by atoms with E-state index >= 15 is 0 Å². The molecule has 2 heteroatoms. The summed E-state index contributed by atoms with van der Waals surface area (Å²) in [6.45, 7) is 9.94. The number of hydrogen-bond acceptors (Lipinski definition) is 1. The lowest BCUT2D eigenvalue weighted by atomic mass is 9.83. The highest BCUT2D eigenvalue weighted by atomic mass is 16.3. The fraction of sp³-hybridized carbons (Fsp3) is 0.360. The number of aryl methyl sites for hydroxylation is 1. The van der Waals surface area contributed by atoms with Crippen molar-refractivity contribution in [3.05, 3.63) is 95.4 Å². The van der Waals surface area contributed by atoms with Gasteiger partial charge in [0.1, 0.15) is 11.5 Å². The van der Waals surface area contributed by atoms with Gasteiger partial charge in [-0.05, 0) is 37.1 Å². The van der Waals surface area contributed by atoms with Crippen molar-refractivity contribution in [2.45, 2.75) is 51.5 Å². The zero-order valence-corrected chi connectivity index (χ0v) is 17.0. The molecule has 0 spiro atoms. The van der Waals surface area contributed by atoms with Gasteiger partial charge in [-0.15, -0.1) is 0 Å². The van der Waals surface area contributed by atoms with Crippen LogP contribution in [0.5, 0.6) is 0 Å². The molecular weight excluding hydrogens is 330 g/mol. The molecule has 0 aliphatic heterocycles. The van der Waals surface area contributed by atoms with Crippen LogP contribution in [-0.4, -0.2) is 12.6 Å². The Hall–Kier alpha value is -2.32. The lowest BCUT2D eigenvalue weighted by molar-refractivity contribution is -0.688. The fourth-order valence-corrected chi connectivity index (χ4v) is 3.99. The molecule has 2 N–H and O–H groups in total. The van der Waals surface area contributed by atoms with Crippen molar-refractivity contribution in [3.8, 4) is 0 Å². The number of hydrogen-bond donors (Lipinski definition) is 1. The second-order valence-corrected chi connectivity index (χ2v) is 8.32. The molecule has 0 saturated carbocycles. The fourth-order valence-electron chi connectivity index (χ4n) is 3.99. The predicted molar refractivity (Wildman–Crippen MR) is 112 cm³/mol. The molecule has 3 rings (SSSR count). The van der Waals surface area contributed by atoms with Crippen molar-refractivity contribution < 1.29 is 9.73 Å². The number of benzene rings is 2. The normalized spacial score (nSPS) is 13.1. The van der Waals surface area contributed by atoms with Gasteiger partial charge in [0.25, 0.3) is 0 Å². The summed E-state index contributed by atoms with van der Waals surface area (Å²) in [7, 11) is 0. The van der Waals surface area contributed by atoms with Crippen molar-refractivity contribution in [3.63, 3.8) is 0 Å². The van der Waals surface area contributed by atoms with E-state index in [1.165, 1.54) is 11.1 Å². The molecule has 0 unspecified atom stereocenters. The van der Waals surface area contributed by atoms with Crippen LogP contribution in [0.4, 0.5) is 0 Å². The van der Waals surface area contributed by atoms with Gasteiger partial charge in [0.15, 0.2) is 0 Å². The summed E-state index contributed by atoms with van der Waals surface area (Å²) in [5.41, 5.74) is 2.81. The van der Waals surface area contributed by atoms with Gasteiger partial charge in [-0.25, -0.2) is 0 Å². The maximum atomic E-state index is 5.90. The van der Waals surface area contributed by atoms with Crippen molar-refractivity contribution in [1.29, 1.82) is 0 Å². The average molecular weight is 363 g/mol. The zero-order valence-electron chi connectivity index (χ0n) is 17.0. The largest absolute Gasteiger partial charge is 0.466 e. The Morgan fingerprint density at radius 2 is 1.41 bits per heavy atom. The Kier molecular flexibility index (Phi) is 6.18. The van der Waals surface area contributed by atoms with Crippen LogP contribution in [0, 0.1) is 6.92 Å². The van der Waals surface area contributed by atoms with Crippen molar-refractivity contribution in [1.82, 2.24) is 0 Å². The summed E-state index contributed by atoms with van der Waals surface area (Å²) in [5.74, 6) is 2.48. The van der Waals surface area contributed by atoms with Crippen LogP contribution in [0.2, 0.25) is 0 Å². The second kappa shape index (κ2) is 8.58. The second-order valence-electron chi connectivity index (χ2n) is 8.32. The van der Waals surface area contributed by atoms with Crippen molar-refractivity contribution in [2.75, 3.05) is 6.54 Å². The first kappa shape index (κ1) is 19.4. The summed E-state index contributed by atoms with van der Waals surface area (Å²) in [6.07, 6.45) is 1.08. The molecule has 1 atom stereocenters. The molecule has 0 radical (unpaired) electrons. The van der Waals surface area contributed by atoms with Gasteiger partial charge in [0.05, 0.1) is 18.5 Å². The highest BCUT2D eigenvalue weighted by molar-refractivity contribution is 5.32. The smallest absolute Gasteiger partial charge is 0.109 e. The SMILES string of the molecule is Cc1ccc(C(C)(C)C[C@@H](C)[NH2+]CC(c2ccccc2)c2ccccc2)o1. The average Bonchev–Trinajstić information content (AvgIpc) is 3.11. The van der Waals surface area contributed by atoms with Crippen molar-refractivity contribution in [2.24, 2.45) is 0 Å². The first-order valence-corrected chi connectivity index (χ1v) is 9.96. The topological polar surface area (TPSA) is 29.8 Å². The molecule has 0 saturated heterocycles. The predicted octanol–water partition coefficient (Wildman–Crippen LogP) is 5.04. The van der Waals surface area contributed by atoms with Crippen LogP contribution >= 0.6 is 0 Å². The highest BCUT2D eigenvalue weighted by Gasteiger charge is 2.28. The van der Waals surface area contributed by atoms with E-state index < -0.39 is 0 Å². The van der Waals surface area contributed by atoms with E-state index in [4.69, 9.17) is 4.42 Å². The van der Waals surface area contributed by atoms with Crippen LogP contribution in [0.1, 0.15) is 55.8 Å². The third-order valence-electron chi connectivity index (χ3n) is 5.42. The highest BCUT2D eigenvalue weighted by Crippen LogP contribution is 2.29. The monoisotopic (exact) mass is 362 g/mol. The van der Waals surface area contributed by atoms with E-state index in [0.717, 1.165) is 24.5 Å². The Bertz CT molecular complexity index is 780. The molecule has 1 heterocycles. The Labute approximate surface area is 163 Å². The maximum absolute atomic E-state index is 5.90. The van der Waals surface area contributed by atoms with Crippen molar-refractivity contribution >= 4 is 0 Å². The molecular formula is C25H32NO+. The Morgan fingerprint density at radius 3 is 1.89 bits per heavy atom. The van der Waals surface area contributed by atoms with Crippen LogP contribution in [0.15, 0.2) is 77.2 Å². The van der Waals surface area contributed by atoms with Gasteiger partial charge >= 0.3 is 0 Å². The standard InChI is InChI=1S/C25H31NO/c1-19(17-25(3,4)24-16-15-20(2)27-24)26-18-23(21-11-7-5-8-12-21)22-13-9-6-10-14-22/h5-16,19,23,26H,17-18H2,1-4H3/p+1/t19-/m1/s1. The van der Waals surface area contributed by atoms with E-state index in [9.17, 15) is 0 Å². The Morgan fingerprint density at radius 1 is 0.852 bits per heavy atom. The molecule has 0 aliphatic carbocycles. The lowest BCUT2D eigenvalue weighted by Crippen LogP contribution is -2.90. The minimum Gasteiger partial charge on any atom is -0.466 e. The quantitative estimate of drug-likeness (QED) is 0.598. The summed E-state index contributed by atoms with van der Waals surface area (Å²) in [6, 6.07) is 26.4. The molecule has 0 amide bonds. The molecule has 0 bridgehead atoms. The summed E-state index contributed by atoms with van der Waals surface area (Å²) in [5, 5.41) is 2.49. The van der Waals surface area contributed by atoms with E-state index in [1.54, 1.807) is 0 Å². The number of nitrogens with two attached hydrogens (primary N) is 1. The molecule has 27 heavy (non-hydrogen) atoms. The zero-order chi connectivity index (χ0) is 19.3. The number of rotatable bonds is 8. The van der Waals surface area contributed by atoms with E-state index in [1.807, 2.05) is 6.92 Å². The van der Waals surface area contributed by atoms with Gasteiger partial charge in [-0.3, -0.25) is 0 Å². The minimum absolute atomic E-state index is 0.0408. The molecule has 0 fully saturated rings. The summed E-state index contributed by atoms with van der Waals surface area (Å²) < 4.78 is 5.90. The molecule has 0 aliphatic rings. The minimum atomic E-state index is 0.0408. The summed E-state index contributed by atoms with van der Waals surface area (Å²) >= 11 is 0. The van der Waals surface area contributed by atoms with Crippen LogP contribution in [0.25, 0.3) is 0 Å². The van der Waals surface area contributed by atoms with Crippen LogP contribution < -0.4 is 5.32 Å². The molecule has 2 nitrogen and oxygen atoms in total. The lowest BCUT2D eigenvalue weighted by Gasteiger charge is -2.26. The van der Waals surface area contributed by atoms with Gasteiger partial charge < -0.3 is 9.73 Å². The summed E-state index contributed by atoms with van der Waals surface area (Å²) in [4.78, 5) is 0. The van der Waals surface area contributed by atoms with Crippen LogP contribution in [0.3, 0.4) is 0 Å². The number of quaternary nitrogens is 1. The van der Waals surface area contributed by atoms with Gasteiger partial charge in [-0.1, -0.05) is 74.5 Å². The van der Waals surface area contributed by atoms with Gasteiger partial charge in [-0.2, -0.15) is 0 Å². The van der Waals surface area contributed by atoms with E-state index in [-0.39, 0.29) is 5.41 Å². The van der Waals surface area contributed by atoms with E-state index in [2.05, 4.69) is 98.9 Å². The molecule has 1 aromatic heterocycles. The van der Waals surface area contributed by atoms with Gasteiger partial charge in [0, 0.05) is 11.8 Å². The molecule has 142 valence electrons. The van der Waals surface area contributed by atoms with Crippen LogP contribution in [-0.2, 0) is 5.41 Å². The molecule has 3 aromatic rings. The first-order chi connectivity index (χ1) is 13.0.